The number of aliphatic carboxylic acids is 1. The first-order valence-electron chi connectivity index (χ1n) is 6.05. The Hall–Kier alpha value is -2.77. The molecule has 2 rings (SSSR count). The van der Waals surface area contributed by atoms with Crippen molar-refractivity contribution in [2.24, 2.45) is 0 Å². The minimum atomic E-state index is -4.78. The standard InChI is InChI=1S/C14H10F3NO4/c15-14(16,17)22-9-3-1-8(2-4-9)10-5-6-12(19)18-11(10)7-13(20)21/h1-6H,7H2,(H,18,19)(H,20,21). The lowest BCUT2D eigenvalue weighted by atomic mass is 10.0. The number of pyridine rings is 1. The number of carboxylic acids is 1. The van der Waals surface area contributed by atoms with Gasteiger partial charge in [0.05, 0.1) is 6.42 Å². The van der Waals surface area contributed by atoms with E-state index in [1.807, 2.05) is 0 Å². The number of hydrogen-bond donors (Lipinski definition) is 2. The molecule has 0 atom stereocenters. The van der Waals surface area contributed by atoms with Crippen molar-refractivity contribution in [2.75, 3.05) is 0 Å². The van der Waals surface area contributed by atoms with Gasteiger partial charge in [0.15, 0.2) is 0 Å². The Labute approximate surface area is 122 Å². The second-order valence-corrected chi connectivity index (χ2v) is 4.36. The van der Waals surface area contributed by atoms with E-state index in [1.165, 1.54) is 24.3 Å². The van der Waals surface area contributed by atoms with Crippen molar-refractivity contribution in [2.45, 2.75) is 12.8 Å². The van der Waals surface area contributed by atoms with E-state index in [4.69, 9.17) is 5.11 Å². The third kappa shape index (κ3) is 4.11. The van der Waals surface area contributed by atoms with Crippen molar-refractivity contribution in [1.82, 2.24) is 4.98 Å². The Morgan fingerprint density at radius 2 is 1.77 bits per heavy atom. The molecule has 1 aromatic carbocycles. The van der Waals surface area contributed by atoms with Crippen LogP contribution in [0.5, 0.6) is 5.75 Å². The van der Waals surface area contributed by atoms with Crippen LogP contribution < -0.4 is 10.3 Å². The summed E-state index contributed by atoms with van der Waals surface area (Å²) in [4.78, 5) is 24.5. The lowest BCUT2D eigenvalue weighted by molar-refractivity contribution is -0.274. The zero-order valence-electron chi connectivity index (χ0n) is 11.0. The van der Waals surface area contributed by atoms with Gasteiger partial charge in [-0.15, -0.1) is 13.2 Å². The van der Waals surface area contributed by atoms with Crippen molar-refractivity contribution in [3.8, 4) is 16.9 Å². The molecule has 0 saturated carbocycles. The number of aromatic nitrogens is 1. The summed E-state index contributed by atoms with van der Waals surface area (Å²) in [5, 5.41) is 8.83. The maximum Gasteiger partial charge on any atom is 0.573 e. The van der Waals surface area contributed by atoms with Gasteiger partial charge in [0, 0.05) is 17.3 Å². The average Bonchev–Trinajstić information content (AvgIpc) is 2.37. The molecular weight excluding hydrogens is 303 g/mol. The van der Waals surface area contributed by atoms with Crippen molar-refractivity contribution in [3.63, 3.8) is 0 Å². The second-order valence-electron chi connectivity index (χ2n) is 4.36. The number of hydrogen-bond acceptors (Lipinski definition) is 3. The van der Waals surface area contributed by atoms with Crippen LogP contribution in [0.3, 0.4) is 0 Å². The van der Waals surface area contributed by atoms with Crippen LogP contribution in [-0.4, -0.2) is 22.4 Å². The van der Waals surface area contributed by atoms with E-state index in [0.29, 0.717) is 11.1 Å². The number of carboxylic acid groups (broad SMARTS) is 1. The molecule has 8 heteroatoms. The van der Waals surface area contributed by atoms with Crippen LogP contribution in [0, 0.1) is 0 Å². The number of nitrogens with one attached hydrogen (secondary N) is 1. The van der Waals surface area contributed by atoms with Crippen LogP contribution in [0.4, 0.5) is 13.2 Å². The van der Waals surface area contributed by atoms with Crippen LogP contribution in [-0.2, 0) is 11.2 Å². The summed E-state index contributed by atoms with van der Waals surface area (Å²) >= 11 is 0. The zero-order chi connectivity index (χ0) is 16.3. The summed E-state index contributed by atoms with van der Waals surface area (Å²) in [6.07, 6.45) is -5.19. The van der Waals surface area contributed by atoms with Gasteiger partial charge in [-0.05, 0) is 23.8 Å². The number of aromatic amines is 1. The summed E-state index contributed by atoms with van der Waals surface area (Å²) < 4.78 is 40.0. The summed E-state index contributed by atoms with van der Waals surface area (Å²) in [7, 11) is 0. The van der Waals surface area contributed by atoms with Crippen LogP contribution in [0.1, 0.15) is 5.69 Å². The molecule has 2 aromatic rings. The van der Waals surface area contributed by atoms with E-state index >= 15 is 0 Å². The number of halogens is 3. The number of benzene rings is 1. The normalized spacial score (nSPS) is 11.2. The fourth-order valence-electron chi connectivity index (χ4n) is 1.91. The molecule has 0 aliphatic carbocycles. The van der Waals surface area contributed by atoms with E-state index in [-0.39, 0.29) is 11.4 Å². The number of alkyl halides is 3. The van der Waals surface area contributed by atoms with Gasteiger partial charge in [0.2, 0.25) is 5.56 Å². The number of carbonyl (C=O) groups is 1. The van der Waals surface area contributed by atoms with Crippen molar-refractivity contribution < 1.29 is 27.8 Å². The van der Waals surface area contributed by atoms with Gasteiger partial charge in [-0.2, -0.15) is 0 Å². The maximum absolute atomic E-state index is 12.1. The predicted octanol–water partition coefficient (Wildman–Crippen LogP) is 2.57. The SMILES string of the molecule is O=C(O)Cc1[nH]c(=O)ccc1-c1ccc(OC(F)(F)F)cc1. The number of ether oxygens (including phenoxy) is 1. The number of rotatable bonds is 4. The van der Waals surface area contributed by atoms with E-state index in [2.05, 4.69) is 9.72 Å². The van der Waals surface area contributed by atoms with Crippen LogP contribution in [0.25, 0.3) is 11.1 Å². The Balaban J connectivity index is 2.36. The fraction of sp³-hybridized carbons (Fsp3) is 0.143. The Morgan fingerprint density at radius 3 is 2.32 bits per heavy atom. The monoisotopic (exact) mass is 313 g/mol. The van der Waals surface area contributed by atoms with Crippen LogP contribution in [0.15, 0.2) is 41.2 Å². The molecule has 22 heavy (non-hydrogen) atoms. The summed E-state index contributed by atoms with van der Waals surface area (Å²) in [6, 6.07) is 7.54. The maximum atomic E-state index is 12.1. The largest absolute Gasteiger partial charge is 0.573 e. The van der Waals surface area contributed by atoms with Gasteiger partial charge in [-0.25, -0.2) is 0 Å². The highest BCUT2D eigenvalue weighted by molar-refractivity contribution is 5.75. The minimum Gasteiger partial charge on any atom is -0.481 e. The van der Waals surface area contributed by atoms with Gasteiger partial charge < -0.3 is 14.8 Å². The predicted molar refractivity (Wildman–Crippen MR) is 70.5 cm³/mol. The Bertz CT molecular complexity index is 735. The quantitative estimate of drug-likeness (QED) is 0.909. The fourth-order valence-corrected chi connectivity index (χ4v) is 1.91. The summed E-state index contributed by atoms with van der Waals surface area (Å²) in [6.45, 7) is 0. The smallest absolute Gasteiger partial charge is 0.481 e. The first-order valence-corrected chi connectivity index (χ1v) is 6.05. The molecule has 0 unspecified atom stereocenters. The highest BCUT2D eigenvalue weighted by Gasteiger charge is 2.31. The molecular formula is C14H10F3NO4. The average molecular weight is 313 g/mol. The molecule has 0 spiro atoms. The van der Waals surface area contributed by atoms with Gasteiger partial charge in [0.1, 0.15) is 5.75 Å². The van der Waals surface area contributed by atoms with Gasteiger partial charge in [0.25, 0.3) is 0 Å². The van der Waals surface area contributed by atoms with Gasteiger partial charge in [-0.3, -0.25) is 9.59 Å². The zero-order valence-corrected chi connectivity index (χ0v) is 11.0. The highest BCUT2D eigenvalue weighted by atomic mass is 19.4. The van der Waals surface area contributed by atoms with E-state index in [0.717, 1.165) is 12.1 Å². The molecule has 1 aromatic heterocycles. The molecule has 0 radical (unpaired) electrons. The Kier molecular flexibility index (Phi) is 4.20. The molecule has 5 nitrogen and oxygen atoms in total. The topological polar surface area (TPSA) is 79.4 Å². The van der Waals surface area contributed by atoms with Crippen molar-refractivity contribution >= 4 is 5.97 Å². The first-order chi connectivity index (χ1) is 10.2. The van der Waals surface area contributed by atoms with Crippen molar-refractivity contribution in [3.05, 3.63) is 52.4 Å². The molecule has 2 N–H and O–H groups in total. The summed E-state index contributed by atoms with van der Waals surface area (Å²) in [5.74, 6) is -1.53. The van der Waals surface area contributed by atoms with Gasteiger partial charge >= 0.3 is 12.3 Å². The van der Waals surface area contributed by atoms with E-state index in [1.54, 1.807) is 0 Å². The highest BCUT2D eigenvalue weighted by Crippen LogP contribution is 2.27. The van der Waals surface area contributed by atoms with Crippen LogP contribution >= 0.6 is 0 Å². The molecule has 0 saturated heterocycles. The van der Waals surface area contributed by atoms with E-state index in [9.17, 15) is 22.8 Å². The number of H-pyrrole nitrogens is 1. The molecule has 0 fully saturated rings. The van der Waals surface area contributed by atoms with Crippen molar-refractivity contribution in [1.29, 1.82) is 0 Å². The lowest BCUT2D eigenvalue weighted by Gasteiger charge is -2.11. The molecule has 116 valence electrons. The Morgan fingerprint density at radius 1 is 1.14 bits per heavy atom. The lowest BCUT2D eigenvalue weighted by Crippen LogP contribution is -2.17. The van der Waals surface area contributed by atoms with E-state index < -0.39 is 24.3 Å². The molecule has 0 aliphatic heterocycles. The molecule has 0 amide bonds. The minimum absolute atomic E-state index is 0.171. The first kappa shape index (κ1) is 15.6. The van der Waals surface area contributed by atoms with Crippen LogP contribution in [0.2, 0.25) is 0 Å². The summed E-state index contributed by atoms with van der Waals surface area (Å²) in [5.41, 5.74) is 0.587. The molecule has 0 aliphatic rings. The second kappa shape index (κ2) is 5.92. The molecule has 0 bridgehead atoms. The van der Waals surface area contributed by atoms with Gasteiger partial charge in [-0.1, -0.05) is 12.1 Å². The molecule has 1 heterocycles. The third-order valence-corrected chi connectivity index (χ3v) is 2.73. The third-order valence-electron chi connectivity index (χ3n) is 2.73.